The van der Waals surface area contributed by atoms with Crippen molar-refractivity contribution < 1.29 is 19.7 Å². The molecule has 0 spiro atoms. The van der Waals surface area contributed by atoms with Crippen molar-refractivity contribution in [1.29, 1.82) is 0 Å². The predicted molar refractivity (Wildman–Crippen MR) is 40.4 cm³/mol. The van der Waals surface area contributed by atoms with E-state index in [9.17, 15) is 0 Å². The molecule has 0 aliphatic rings. The van der Waals surface area contributed by atoms with Crippen LogP contribution in [0.3, 0.4) is 0 Å². The molecule has 0 heterocycles. The number of aliphatic hydroxyl groups is 2. The Balaban J connectivity index is 3.25. The molecule has 1 atom stereocenters. The average Bonchev–Trinajstić information content (AvgIpc) is 2.05. The number of hydrogen-bond donors (Lipinski definition) is 2. The van der Waals surface area contributed by atoms with Gasteiger partial charge in [0.1, 0.15) is 6.10 Å². The fourth-order valence-electron chi connectivity index (χ4n) is 0.622. The van der Waals surface area contributed by atoms with Crippen molar-refractivity contribution in [3.8, 4) is 0 Å². The monoisotopic (exact) mass is 164 g/mol. The smallest absolute Gasteiger partial charge is 0.104 e. The Morgan fingerprint density at radius 3 is 2.55 bits per heavy atom. The van der Waals surface area contributed by atoms with E-state index < -0.39 is 0 Å². The first-order valence-electron chi connectivity index (χ1n) is 3.76. The van der Waals surface area contributed by atoms with Crippen molar-refractivity contribution >= 4 is 0 Å². The van der Waals surface area contributed by atoms with Crippen LogP contribution in [-0.4, -0.2) is 49.4 Å². The van der Waals surface area contributed by atoms with E-state index in [2.05, 4.69) is 0 Å². The van der Waals surface area contributed by atoms with E-state index in [-0.39, 0.29) is 25.9 Å². The summed E-state index contributed by atoms with van der Waals surface area (Å²) in [6.07, 6.45) is -0.304. The molecule has 11 heavy (non-hydrogen) atoms. The highest BCUT2D eigenvalue weighted by Crippen LogP contribution is 1.91. The minimum Gasteiger partial charge on any atom is -0.394 e. The summed E-state index contributed by atoms with van der Waals surface area (Å²) in [4.78, 5) is 0. The second-order valence-electron chi connectivity index (χ2n) is 2.06. The van der Waals surface area contributed by atoms with E-state index >= 15 is 0 Å². The van der Waals surface area contributed by atoms with Crippen LogP contribution >= 0.6 is 0 Å². The molecule has 0 radical (unpaired) electrons. The Kier molecular flexibility index (Phi) is 7.83. The first-order chi connectivity index (χ1) is 5.35. The lowest BCUT2D eigenvalue weighted by Gasteiger charge is -2.13. The maximum absolute atomic E-state index is 8.69. The van der Waals surface area contributed by atoms with Crippen LogP contribution in [0.15, 0.2) is 0 Å². The van der Waals surface area contributed by atoms with Crippen LogP contribution in [0.1, 0.15) is 6.92 Å². The Hall–Kier alpha value is -0.160. The van der Waals surface area contributed by atoms with Crippen molar-refractivity contribution in [3.05, 3.63) is 0 Å². The van der Waals surface area contributed by atoms with Gasteiger partial charge < -0.3 is 19.7 Å². The largest absolute Gasteiger partial charge is 0.394 e. The molecule has 0 aliphatic carbocycles. The number of rotatable bonds is 7. The Bertz CT molecular complexity index is 68.8. The van der Waals surface area contributed by atoms with Gasteiger partial charge in [-0.2, -0.15) is 0 Å². The van der Waals surface area contributed by atoms with Gasteiger partial charge in [-0.15, -0.1) is 0 Å². The van der Waals surface area contributed by atoms with Gasteiger partial charge >= 0.3 is 0 Å². The zero-order chi connectivity index (χ0) is 8.53. The van der Waals surface area contributed by atoms with Gasteiger partial charge in [0.25, 0.3) is 0 Å². The summed E-state index contributed by atoms with van der Waals surface area (Å²) >= 11 is 0. The average molecular weight is 164 g/mol. The zero-order valence-corrected chi connectivity index (χ0v) is 6.82. The van der Waals surface area contributed by atoms with Gasteiger partial charge in [0.2, 0.25) is 0 Å². The third kappa shape index (κ3) is 6.25. The maximum atomic E-state index is 8.69. The summed E-state index contributed by atoms with van der Waals surface area (Å²) in [5.74, 6) is 0. The molecule has 0 aromatic rings. The summed E-state index contributed by atoms with van der Waals surface area (Å²) in [7, 11) is 0. The molecule has 4 heteroatoms. The SMILES string of the molecule is CCOCC(CO)OCCO. The van der Waals surface area contributed by atoms with Gasteiger partial charge in [0, 0.05) is 6.61 Å². The lowest BCUT2D eigenvalue weighted by molar-refractivity contribution is -0.0489. The highest BCUT2D eigenvalue weighted by Gasteiger charge is 2.05. The van der Waals surface area contributed by atoms with Crippen molar-refractivity contribution in [2.24, 2.45) is 0 Å². The van der Waals surface area contributed by atoms with E-state index in [0.717, 1.165) is 0 Å². The van der Waals surface area contributed by atoms with Gasteiger partial charge in [-0.3, -0.25) is 0 Å². The second kappa shape index (κ2) is 7.94. The molecule has 0 saturated heterocycles. The standard InChI is InChI=1S/C7H16O4/c1-2-10-6-7(5-9)11-4-3-8/h7-9H,2-6H2,1H3. The summed E-state index contributed by atoms with van der Waals surface area (Å²) in [6, 6.07) is 0. The first kappa shape index (κ1) is 10.8. The summed E-state index contributed by atoms with van der Waals surface area (Å²) < 4.78 is 10.0. The number of aliphatic hydroxyl groups excluding tert-OH is 2. The van der Waals surface area contributed by atoms with Gasteiger partial charge in [-0.1, -0.05) is 0 Å². The van der Waals surface area contributed by atoms with Gasteiger partial charge in [0.15, 0.2) is 0 Å². The summed E-state index contributed by atoms with van der Waals surface area (Å²) in [6.45, 7) is 3.02. The molecule has 0 aliphatic heterocycles. The third-order valence-corrected chi connectivity index (χ3v) is 1.16. The van der Waals surface area contributed by atoms with Crippen LogP contribution in [-0.2, 0) is 9.47 Å². The predicted octanol–water partition coefficient (Wildman–Crippen LogP) is -0.607. The highest BCUT2D eigenvalue weighted by molar-refractivity contribution is 4.52. The third-order valence-electron chi connectivity index (χ3n) is 1.16. The molecule has 0 fully saturated rings. The number of ether oxygens (including phenoxy) is 2. The lowest BCUT2D eigenvalue weighted by atomic mass is 10.4. The number of hydrogen-bond acceptors (Lipinski definition) is 4. The molecular formula is C7H16O4. The molecule has 0 aromatic heterocycles. The Morgan fingerprint density at radius 2 is 2.09 bits per heavy atom. The van der Waals surface area contributed by atoms with Crippen molar-refractivity contribution in [2.75, 3.05) is 33.0 Å². The van der Waals surface area contributed by atoms with Crippen molar-refractivity contribution in [3.63, 3.8) is 0 Å². The maximum Gasteiger partial charge on any atom is 0.104 e. The minimum absolute atomic E-state index is 0.0252. The first-order valence-corrected chi connectivity index (χ1v) is 3.76. The molecule has 2 N–H and O–H groups in total. The zero-order valence-electron chi connectivity index (χ0n) is 6.82. The van der Waals surface area contributed by atoms with Gasteiger partial charge in [-0.25, -0.2) is 0 Å². The highest BCUT2D eigenvalue weighted by atomic mass is 16.5. The molecule has 0 rings (SSSR count). The van der Waals surface area contributed by atoms with Crippen LogP contribution in [0.25, 0.3) is 0 Å². The van der Waals surface area contributed by atoms with E-state index in [1.165, 1.54) is 0 Å². The second-order valence-corrected chi connectivity index (χ2v) is 2.06. The van der Waals surface area contributed by atoms with Crippen LogP contribution in [0, 0.1) is 0 Å². The van der Waals surface area contributed by atoms with E-state index in [0.29, 0.717) is 13.2 Å². The lowest BCUT2D eigenvalue weighted by Crippen LogP contribution is -2.25. The van der Waals surface area contributed by atoms with E-state index in [1.807, 2.05) is 6.92 Å². The minimum atomic E-state index is -0.304. The fourth-order valence-corrected chi connectivity index (χ4v) is 0.622. The normalized spacial score (nSPS) is 13.4. The summed E-state index contributed by atoms with van der Waals surface area (Å²) in [5, 5.41) is 17.1. The fraction of sp³-hybridized carbons (Fsp3) is 1.00. The Morgan fingerprint density at radius 1 is 1.36 bits per heavy atom. The summed E-state index contributed by atoms with van der Waals surface area (Å²) in [5.41, 5.74) is 0. The van der Waals surface area contributed by atoms with Crippen molar-refractivity contribution in [1.82, 2.24) is 0 Å². The molecule has 1 unspecified atom stereocenters. The molecule has 0 bridgehead atoms. The quantitative estimate of drug-likeness (QED) is 0.527. The van der Waals surface area contributed by atoms with E-state index in [1.54, 1.807) is 0 Å². The van der Waals surface area contributed by atoms with E-state index in [4.69, 9.17) is 19.7 Å². The van der Waals surface area contributed by atoms with Crippen molar-refractivity contribution in [2.45, 2.75) is 13.0 Å². The Labute approximate surface area is 66.7 Å². The van der Waals surface area contributed by atoms with Crippen LogP contribution in [0.2, 0.25) is 0 Å². The van der Waals surface area contributed by atoms with Crippen LogP contribution in [0.4, 0.5) is 0 Å². The van der Waals surface area contributed by atoms with Gasteiger partial charge in [-0.05, 0) is 6.92 Å². The molecule has 0 amide bonds. The molecule has 4 nitrogen and oxygen atoms in total. The molecular weight excluding hydrogens is 148 g/mol. The molecule has 68 valence electrons. The topological polar surface area (TPSA) is 58.9 Å². The molecule has 0 saturated carbocycles. The van der Waals surface area contributed by atoms with Crippen LogP contribution < -0.4 is 0 Å². The molecule has 0 aromatic carbocycles. The van der Waals surface area contributed by atoms with Crippen LogP contribution in [0.5, 0.6) is 0 Å². The van der Waals surface area contributed by atoms with Gasteiger partial charge in [0.05, 0.1) is 26.4 Å².